The highest BCUT2D eigenvalue weighted by atomic mass is 16.4. The van der Waals surface area contributed by atoms with Crippen molar-refractivity contribution in [2.75, 3.05) is 0 Å². The average Bonchev–Trinajstić information content (AvgIpc) is 2.80. The minimum absolute atomic E-state index is 0.176. The number of aliphatic hydroxyl groups excluding tert-OH is 12. The van der Waals surface area contributed by atoms with Crippen LogP contribution in [0.1, 0.15) is 90.0 Å². The second-order valence-corrected chi connectivity index (χ2v) is 9.97. The lowest BCUT2D eigenvalue weighted by Crippen LogP contribution is -2.17. The number of aliphatic carboxylic acids is 1. The van der Waals surface area contributed by atoms with E-state index in [0.29, 0.717) is 0 Å². The summed E-state index contributed by atoms with van der Waals surface area (Å²) in [6, 6.07) is 0. The minimum Gasteiger partial charge on any atom is -0.478 e. The van der Waals surface area contributed by atoms with E-state index in [9.17, 15) is 4.79 Å². The molecule has 262 valence electrons. The van der Waals surface area contributed by atoms with Gasteiger partial charge in [-0.15, -0.1) is 0 Å². The summed E-state index contributed by atoms with van der Waals surface area (Å²) in [5, 5.41) is 108. The quantitative estimate of drug-likeness (QED) is 0.153. The van der Waals surface area contributed by atoms with Gasteiger partial charge in [-0.1, -0.05) is 6.58 Å². The van der Waals surface area contributed by atoms with Crippen LogP contribution in [0.2, 0.25) is 0 Å². The largest absolute Gasteiger partial charge is 0.478 e. The average molecular weight is 627 g/mol. The Morgan fingerprint density at radius 2 is 0.405 bits per heavy atom. The van der Waals surface area contributed by atoms with Gasteiger partial charge in [-0.25, -0.2) is 4.79 Å². The molecule has 42 heavy (non-hydrogen) atoms. The lowest BCUT2D eigenvalue weighted by molar-refractivity contribution is -0.132. The summed E-state index contributed by atoms with van der Waals surface area (Å²) in [5.74, 6) is -0.935. The zero-order chi connectivity index (χ0) is 36.1. The highest BCUT2D eigenvalue weighted by Crippen LogP contribution is 1.88. The van der Waals surface area contributed by atoms with Gasteiger partial charge in [-0.05, 0) is 90.0 Å². The van der Waals surface area contributed by atoms with Crippen LogP contribution in [0.3, 0.4) is 0 Å². The Hall–Kier alpha value is -1.27. The Kier molecular flexibility index (Phi) is 48.3. The summed E-state index contributed by atoms with van der Waals surface area (Å²) in [7, 11) is 0. The van der Waals surface area contributed by atoms with Crippen molar-refractivity contribution < 1.29 is 71.2 Å². The smallest absolute Gasteiger partial charge is 0.330 e. The summed E-state index contributed by atoms with van der Waals surface area (Å²) in [6.07, 6.45) is -7.11. The molecule has 12 atom stereocenters. The molecular weight excluding hydrogens is 560 g/mol. The van der Waals surface area contributed by atoms with Crippen LogP contribution in [-0.2, 0) is 4.79 Å². The first-order valence-corrected chi connectivity index (χ1v) is 13.6. The lowest BCUT2D eigenvalue weighted by Gasteiger charge is -2.03. The molecule has 0 heterocycles. The SMILES string of the molecule is C=C(C)C(=O)O.CC(O)C(C)O.CC(O)C(C)O.CC(O)C(C)O.CC(O)C(C)O.CC(O)C(C)O.CC(O)C(C)O. The highest BCUT2D eigenvalue weighted by molar-refractivity contribution is 5.84. The van der Waals surface area contributed by atoms with Crippen molar-refractivity contribution in [2.24, 2.45) is 0 Å². The van der Waals surface area contributed by atoms with Gasteiger partial charge in [0.2, 0.25) is 0 Å². The molecular formula is C28H66O14. The van der Waals surface area contributed by atoms with Crippen LogP contribution in [-0.4, -0.2) is 146 Å². The van der Waals surface area contributed by atoms with Gasteiger partial charge in [0.05, 0.1) is 73.2 Å². The normalized spacial score (nSPS) is 18.2. The summed E-state index contributed by atoms with van der Waals surface area (Å²) < 4.78 is 0. The maximum absolute atomic E-state index is 9.60. The van der Waals surface area contributed by atoms with Crippen LogP contribution in [0.5, 0.6) is 0 Å². The summed E-state index contributed by atoms with van der Waals surface area (Å²) >= 11 is 0. The molecule has 0 aliphatic rings. The van der Waals surface area contributed by atoms with Crippen molar-refractivity contribution in [2.45, 2.75) is 163 Å². The number of carbonyl (C=O) groups is 1. The van der Waals surface area contributed by atoms with Crippen molar-refractivity contribution in [3.63, 3.8) is 0 Å². The van der Waals surface area contributed by atoms with E-state index >= 15 is 0 Å². The summed E-state index contributed by atoms with van der Waals surface area (Å²) in [4.78, 5) is 9.60. The Bertz CT molecular complexity index is 402. The number of carboxylic acid groups (broad SMARTS) is 1. The van der Waals surface area contributed by atoms with E-state index < -0.39 is 79.2 Å². The molecule has 0 aromatic rings. The van der Waals surface area contributed by atoms with Gasteiger partial charge >= 0.3 is 5.97 Å². The van der Waals surface area contributed by atoms with Crippen molar-refractivity contribution in [1.82, 2.24) is 0 Å². The Morgan fingerprint density at radius 1 is 0.357 bits per heavy atom. The third-order valence-corrected chi connectivity index (χ3v) is 4.55. The van der Waals surface area contributed by atoms with Crippen LogP contribution in [0.25, 0.3) is 0 Å². The standard InChI is InChI=1S/6C4H10O2.C4H6O2/c6*1-3(5)4(2)6;1-3(2)4(5)6/h6*3-6H,1-2H3;1H2,2H3,(H,5,6). The van der Waals surface area contributed by atoms with Gasteiger partial charge in [0.1, 0.15) is 0 Å². The Labute approximate surface area is 252 Å². The molecule has 0 bridgehead atoms. The second-order valence-electron chi connectivity index (χ2n) is 9.97. The van der Waals surface area contributed by atoms with Crippen LogP contribution >= 0.6 is 0 Å². The van der Waals surface area contributed by atoms with Gasteiger partial charge in [-0.3, -0.25) is 0 Å². The monoisotopic (exact) mass is 626 g/mol. The fourth-order valence-electron chi connectivity index (χ4n) is 0. The Balaban J connectivity index is -0.0000000681. The molecule has 0 saturated carbocycles. The molecule has 13 N–H and O–H groups in total. The zero-order valence-electron chi connectivity index (χ0n) is 27.9. The first kappa shape index (κ1) is 56.5. The number of carboxylic acids is 1. The highest BCUT2D eigenvalue weighted by Gasteiger charge is 2.02. The van der Waals surface area contributed by atoms with Gasteiger partial charge in [0.25, 0.3) is 0 Å². The van der Waals surface area contributed by atoms with E-state index in [1.807, 2.05) is 0 Å². The van der Waals surface area contributed by atoms with E-state index in [1.54, 1.807) is 83.1 Å². The predicted octanol–water partition coefficient (Wildman–Crippen LogP) is -0.865. The van der Waals surface area contributed by atoms with Crippen LogP contribution in [0.15, 0.2) is 12.2 Å². The van der Waals surface area contributed by atoms with E-state index in [-0.39, 0.29) is 5.57 Å². The molecule has 0 rings (SSSR count). The van der Waals surface area contributed by atoms with Gasteiger partial charge in [0.15, 0.2) is 0 Å². The molecule has 0 radical (unpaired) electrons. The van der Waals surface area contributed by atoms with E-state index in [1.165, 1.54) is 6.92 Å². The van der Waals surface area contributed by atoms with E-state index in [0.717, 1.165) is 0 Å². The molecule has 0 amide bonds. The summed E-state index contributed by atoms with van der Waals surface area (Å²) in [6.45, 7) is 23.2. The minimum atomic E-state index is -0.935. The van der Waals surface area contributed by atoms with Gasteiger partial charge in [0, 0.05) is 5.57 Å². The number of rotatable bonds is 7. The maximum Gasteiger partial charge on any atom is 0.330 e. The van der Waals surface area contributed by atoms with Crippen molar-refractivity contribution in [3.05, 3.63) is 12.2 Å². The fourth-order valence-corrected chi connectivity index (χ4v) is 0. The molecule has 0 spiro atoms. The van der Waals surface area contributed by atoms with Crippen molar-refractivity contribution >= 4 is 5.97 Å². The number of hydrogen-bond donors (Lipinski definition) is 13. The third kappa shape index (κ3) is 77.2. The molecule has 14 heteroatoms. The first-order valence-electron chi connectivity index (χ1n) is 13.6. The lowest BCUT2D eigenvalue weighted by atomic mass is 10.3. The molecule has 0 aliphatic heterocycles. The van der Waals surface area contributed by atoms with Crippen molar-refractivity contribution in [3.8, 4) is 0 Å². The molecule has 0 saturated heterocycles. The second kappa shape index (κ2) is 35.9. The molecule has 0 fully saturated rings. The molecule has 14 nitrogen and oxygen atoms in total. The van der Waals surface area contributed by atoms with E-state index in [4.69, 9.17) is 66.4 Å². The van der Waals surface area contributed by atoms with E-state index in [2.05, 4.69) is 6.58 Å². The molecule has 0 aromatic carbocycles. The van der Waals surface area contributed by atoms with Crippen LogP contribution in [0, 0.1) is 0 Å². The molecule has 12 unspecified atom stereocenters. The van der Waals surface area contributed by atoms with Crippen molar-refractivity contribution in [1.29, 1.82) is 0 Å². The molecule has 0 aromatic heterocycles. The first-order chi connectivity index (χ1) is 18.5. The summed E-state index contributed by atoms with van der Waals surface area (Å²) in [5.41, 5.74) is 0.176. The third-order valence-electron chi connectivity index (χ3n) is 4.55. The zero-order valence-corrected chi connectivity index (χ0v) is 27.9. The van der Waals surface area contributed by atoms with Crippen LogP contribution < -0.4 is 0 Å². The molecule has 0 aliphatic carbocycles. The fraction of sp³-hybridized carbons (Fsp3) is 0.893. The topological polar surface area (TPSA) is 280 Å². The van der Waals surface area contributed by atoms with Gasteiger partial charge in [-0.2, -0.15) is 0 Å². The predicted molar refractivity (Wildman–Crippen MR) is 163 cm³/mol. The number of hydrogen-bond acceptors (Lipinski definition) is 13. The number of aliphatic hydroxyl groups is 12. The Morgan fingerprint density at radius 3 is 0.405 bits per heavy atom. The van der Waals surface area contributed by atoms with Gasteiger partial charge < -0.3 is 66.4 Å². The van der Waals surface area contributed by atoms with Crippen LogP contribution in [0.4, 0.5) is 0 Å². The maximum atomic E-state index is 9.60.